The van der Waals surface area contributed by atoms with E-state index in [-0.39, 0.29) is 5.56 Å². The standard InChI is InChI=1S/C19H14BrN3O3S/c1-25-14-7-8-15(26-2)12(9-14)10-16-18(24)23-19(27-16)21-17(22-23)11-3-5-13(20)6-4-11/h3-10H,1-2H3/b16-10+. The normalized spacial score (nSPS) is 11.9. The zero-order valence-corrected chi connectivity index (χ0v) is 16.9. The lowest BCUT2D eigenvalue weighted by atomic mass is 10.2. The number of fused-ring (bicyclic) bond motifs is 1. The molecule has 0 spiro atoms. The monoisotopic (exact) mass is 443 g/mol. The van der Waals surface area contributed by atoms with Gasteiger partial charge < -0.3 is 9.47 Å². The molecule has 0 saturated carbocycles. The highest BCUT2D eigenvalue weighted by Crippen LogP contribution is 2.24. The number of hydrogen-bond acceptors (Lipinski definition) is 6. The summed E-state index contributed by atoms with van der Waals surface area (Å²) < 4.78 is 13.5. The lowest BCUT2D eigenvalue weighted by Crippen LogP contribution is -2.23. The van der Waals surface area contributed by atoms with Gasteiger partial charge in [-0.05, 0) is 36.4 Å². The van der Waals surface area contributed by atoms with Crippen molar-refractivity contribution in [3.63, 3.8) is 0 Å². The van der Waals surface area contributed by atoms with E-state index >= 15 is 0 Å². The van der Waals surface area contributed by atoms with E-state index < -0.39 is 0 Å². The minimum atomic E-state index is -0.212. The van der Waals surface area contributed by atoms with Crippen molar-refractivity contribution < 1.29 is 9.47 Å². The molecule has 0 N–H and O–H groups in total. The summed E-state index contributed by atoms with van der Waals surface area (Å²) in [4.78, 5) is 17.8. The summed E-state index contributed by atoms with van der Waals surface area (Å²) >= 11 is 4.69. The van der Waals surface area contributed by atoms with E-state index in [0.717, 1.165) is 15.6 Å². The molecule has 2 heterocycles. The van der Waals surface area contributed by atoms with E-state index in [1.807, 2.05) is 36.4 Å². The molecule has 4 rings (SSSR count). The molecule has 0 amide bonds. The minimum absolute atomic E-state index is 0.212. The van der Waals surface area contributed by atoms with E-state index in [0.29, 0.717) is 26.8 Å². The molecule has 27 heavy (non-hydrogen) atoms. The molecule has 6 nitrogen and oxygen atoms in total. The molecule has 136 valence electrons. The largest absolute Gasteiger partial charge is 0.497 e. The number of benzene rings is 2. The van der Waals surface area contributed by atoms with Gasteiger partial charge in [-0.25, -0.2) is 0 Å². The maximum Gasteiger partial charge on any atom is 0.291 e. The van der Waals surface area contributed by atoms with Crippen LogP contribution < -0.4 is 19.6 Å². The third-order valence-electron chi connectivity index (χ3n) is 4.01. The van der Waals surface area contributed by atoms with E-state index in [9.17, 15) is 4.79 Å². The zero-order valence-electron chi connectivity index (χ0n) is 14.5. The summed E-state index contributed by atoms with van der Waals surface area (Å²) in [5.74, 6) is 1.87. The van der Waals surface area contributed by atoms with Crippen molar-refractivity contribution in [1.82, 2.24) is 14.6 Å². The van der Waals surface area contributed by atoms with Crippen molar-refractivity contribution in [1.29, 1.82) is 0 Å². The third-order valence-corrected chi connectivity index (χ3v) is 5.50. The Kier molecular flexibility index (Phi) is 4.67. The van der Waals surface area contributed by atoms with Gasteiger partial charge in [0.2, 0.25) is 4.96 Å². The molecule has 2 aromatic heterocycles. The molecular weight excluding hydrogens is 430 g/mol. The van der Waals surface area contributed by atoms with Crippen LogP contribution in [0.2, 0.25) is 0 Å². The average Bonchev–Trinajstić information content (AvgIpc) is 3.22. The maximum absolute atomic E-state index is 12.7. The van der Waals surface area contributed by atoms with Crippen molar-refractivity contribution in [2.45, 2.75) is 0 Å². The molecule has 8 heteroatoms. The summed E-state index contributed by atoms with van der Waals surface area (Å²) in [6, 6.07) is 13.1. The number of nitrogens with zero attached hydrogens (tertiary/aromatic N) is 3. The molecule has 0 saturated heterocycles. The Morgan fingerprint density at radius 1 is 1.11 bits per heavy atom. The van der Waals surface area contributed by atoms with Crippen LogP contribution in [0.1, 0.15) is 5.56 Å². The van der Waals surface area contributed by atoms with Gasteiger partial charge in [0.05, 0.1) is 18.8 Å². The van der Waals surface area contributed by atoms with Crippen molar-refractivity contribution >= 4 is 38.3 Å². The summed E-state index contributed by atoms with van der Waals surface area (Å²) in [7, 11) is 3.18. The fourth-order valence-corrected chi connectivity index (χ4v) is 3.81. The highest BCUT2D eigenvalue weighted by atomic mass is 79.9. The second kappa shape index (κ2) is 7.13. The third kappa shape index (κ3) is 3.33. The number of methoxy groups -OCH3 is 2. The molecule has 0 aliphatic carbocycles. The Morgan fingerprint density at radius 3 is 2.56 bits per heavy atom. The van der Waals surface area contributed by atoms with E-state index in [2.05, 4.69) is 26.0 Å². The van der Waals surface area contributed by atoms with Crippen LogP contribution in [0.4, 0.5) is 0 Å². The van der Waals surface area contributed by atoms with Gasteiger partial charge >= 0.3 is 0 Å². The first-order chi connectivity index (χ1) is 13.1. The van der Waals surface area contributed by atoms with Gasteiger partial charge in [-0.15, -0.1) is 5.10 Å². The highest BCUT2D eigenvalue weighted by Gasteiger charge is 2.12. The lowest BCUT2D eigenvalue weighted by Gasteiger charge is -2.06. The first kappa shape index (κ1) is 17.7. The van der Waals surface area contributed by atoms with Crippen molar-refractivity contribution in [2.75, 3.05) is 14.2 Å². The number of aromatic nitrogens is 3. The number of rotatable bonds is 4. The van der Waals surface area contributed by atoms with Crippen LogP contribution in [0.25, 0.3) is 22.4 Å². The molecule has 0 aliphatic heterocycles. The molecule has 0 bridgehead atoms. The smallest absolute Gasteiger partial charge is 0.291 e. The molecule has 4 aromatic rings. The fourth-order valence-electron chi connectivity index (χ4n) is 2.65. The Bertz CT molecular complexity index is 1230. The molecule has 0 unspecified atom stereocenters. The number of hydrogen-bond donors (Lipinski definition) is 0. The van der Waals surface area contributed by atoms with Crippen molar-refractivity contribution in [2.24, 2.45) is 0 Å². The first-order valence-corrected chi connectivity index (χ1v) is 9.59. The van der Waals surface area contributed by atoms with Crippen LogP contribution in [0.5, 0.6) is 11.5 Å². The van der Waals surface area contributed by atoms with Gasteiger partial charge in [0.25, 0.3) is 5.56 Å². The van der Waals surface area contributed by atoms with Crippen LogP contribution in [0, 0.1) is 0 Å². The van der Waals surface area contributed by atoms with Gasteiger partial charge in [-0.3, -0.25) is 4.79 Å². The summed E-state index contributed by atoms with van der Waals surface area (Å²) in [6.07, 6.45) is 1.77. The Hall–Kier alpha value is -2.71. The van der Waals surface area contributed by atoms with E-state index in [1.54, 1.807) is 26.4 Å². The minimum Gasteiger partial charge on any atom is -0.497 e. The van der Waals surface area contributed by atoms with E-state index in [4.69, 9.17) is 9.47 Å². The Morgan fingerprint density at radius 2 is 1.89 bits per heavy atom. The zero-order chi connectivity index (χ0) is 19.0. The second-order valence-electron chi connectivity index (χ2n) is 5.66. The van der Waals surface area contributed by atoms with Crippen LogP contribution in [-0.4, -0.2) is 28.8 Å². The van der Waals surface area contributed by atoms with Crippen LogP contribution in [-0.2, 0) is 0 Å². The van der Waals surface area contributed by atoms with Crippen molar-refractivity contribution in [3.8, 4) is 22.9 Å². The van der Waals surface area contributed by atoms with E-state index in [1.165, 1.54) is 15.9 Å². The van der Waals surface area contributed by atoms with Gasteiger partial charge in [0.15, 0.2) is 5.82 Å². The molecule has 0 atom stereocenters. The number of ether oxygens (including phenoxy) is 2. The predicted molar refractivity (Wildman–Crippen MR) is 109 cm³/mol. The molecule has 0 radical (unpaired) electrons. The quantitative estimate of drug-likeness (QED) is 0.484. The van der Waals surface area contributed by atoms with Crippen LogP contribution in [0.15, 0.2) is 51.7 Å². The summed E-state index contributed by atoms with van der Waals surface area (Å²) in [5.41, 5.74) is 1.40. The van der Waals surface area contributed by atoms with Crippen molar-refractivity contribution in [3.05, 3.63) is 67.4 Å². The van der Waals surface area contributed by atoms with Crippen LogP contribution in [0.3, 0.4) is 0 Å². The average molecular weight is 444 g/mol. The maximum atomic E-state index is 12.7. The van der Waals surface area contributed by atoms with Gasteiger partial charge in [-0.2, -0.15) is 9.50 Å². The number of halogens is 1. The summed E-state index contributed by atoms with van der Waals surface area (Å²) in [5, 5.41) is 4.36. The number of thiazole rings is 1. The molecule has 0 fully saturated rings. The topological polar surface area (TPSA) is 65.7 Å². The second-order valence-corrected chi connectivity index (χ2v) is 7.59. The van der Waals surface area contributed by atoms with Crippen LogP contribution >= 0.6 is 27.3 Å². The van der Waals surface area contributed by atoms with Gasteiger partial charge in [0.1, 0.15) is 11.5 Å². The fraction of sp³-hybridized carbons (Fsp3) is 0.105. The molecular formula is C19H14BrN3O3S. The Labute approximate surface area is 166 Å². The predicted octanol–water partition coefficient (Wildman–Crippen LogP) is 3.15. The lowest BCUT2D eigenvalue weighted by molar-refractivity contribution is 0.402. The molecule has 0 aliphatic rings. The first-order valence-electron chi connectivity index (χ1n) is 7.98. The SMILES string of the molecule is COc1ccc(OC)c(/C=c2/sc3nc(-c4ccc(Br)cc4)nn3c2=O)c1. The van der Waals surface area contributed by atoms with Gasteiger partial charge in [-0.1, -0.05) is 39.4 Å². The molecule has 2 aromatic carbocycles. The highest BCUT2D eigenvalue weighted by molar-refractivity contribution is 9.10. The summed E-state index contributed by atoms with van der Waals surface area (Å²) in [6.45, 7) is 0. The Balaban J connectivity index is 1.81. The van der Waals surface area contributed by atoms with Gasteiger partial charge in [0, 0.05) is 15.6 Å².